The summed E-state index contributed by atoms with van der Waals surface area (Å²) in [5.41, 5.74) is 2.55. The monoisotopic (exact) mass is 526 g/mol. The van der Waals surface area contributed by atoms with Gasteiger partial charge in [0.1, 0.15) is 18.1 Å². The lowest BCUT2D eigenvalue weighted by Crippen LogP contribution is -2.41. The number of hydrogen-bond acceptors (Lipinski definition) is 5. The largest absolute Gasteiger partial charge is 0.484 e. The lowest BCUT2D eigenvalue weighted by molar-refractivity contribution is -0.136. The van der Waals surface area contributed by atoms with Gasteiger partial charge < -0.3 is 19.7 Å². The Labute approximate surface area is 223 Å². The van der Waals surface area contributed by atoms with Crippen LogP contribution in [-0.2, 0) is 19.7 Å². The molecule has 3 rings (SSSR count). The van der Waals surface area contributed by atoms with Crippen LogP contribution in [0.15, 0.2) is 54.6 Å². The Morgan fingerprint density at radius 1 is 1.11 bits per heavy atom. The number of carbonyl (C=O) groups is 2. The van der Waals surface area contributed by atoms with Crippen molar-refractivity contribution < 1.29 is 19.1 Å². The average molecular weight is 527 g/mol. The van der Waals surface area contributed by atoms with E-state index in [2.05, 4.69) is 26.1 Å². The topological polar surface area (TPSA) is 85.7 Å². The molecule has 1 N–H and O–H groups in total. The molecule has 3 aromatic rings. The summed E-state index contributed by atoms with van der Waals surface area (Å²) < 4.78 is 12.5. The van der Waals surface area contributed by atoms with Gasteiger partial charge in [0.2, 0.25) is 5.91 Å². The molecule has 0 saturated heterocycles. The first-order valence-electron chi connectivity index (χ1n) is 12.2. The zero-order chi connectivity index (χ0) is 27.0. The van der Waals surface area contributed by atoms with Crippen LogP contribution in [0, 0.1) is 6.92 Å². The Balaban J connectivity index is 1.75. The molecular weight excluding hydrogens is 492 g/mol. The molecule has 0 fully saturated rings. The molecule has 0 saturated carbocycles. The predicted molar refractivity (Wildman–Crippen MR) is 146 cm³/mol. The highest BCUT2D eigenvalue weighted by Gasteiger charge is 2.23. The summed E-state index contributed by atoms with van der Waals surface area (Å²) in [6.45, 7) is 8.71. The maximum absolute atomic E-state index is 13.1. The van der Waals surface area contributed by atoms with Crippen molar-refractivity contribution in [3.8, 4) is 11.4 Å². The third-order valence-electron chi connectivity index (χ3n) is 5.63. The minimum absolute atomic E-state index is 0.129. The van der Waals surface area contributed by atoms with Crippen LogP contribution in [0.4, 0.5) is 5.82 Å². The number of amides is 2. The van der Waals surface area contributed by atoms with Crippen molar-refractivity contribution in [2.45, 2.75) is 39.5 Å². The van der Waals surface area contributed by atoms with Gasteiger partial charge in [-0.15, -0.1) is 0 Å². The van der Waals surface area contributed by atoms with Gasteiger partial charge in [0.25, 0.3) is 5.91 Å². The number of nitrogens with zero attached hydrogens (tertiary/aromatic N) is 3. The molecule has 0 spiro atoms. The van der Waals surface area contributed by atoms with Crippen LogP contribution in [-0.4, -0.2) is 59.9 Å². The second kappa shape index (κ2) is 12.7. The fraction of sp³-hybridized carbons (Fsp3) is 0.393. The summed E-state index contributed by atoms with van der Waals surface area (Å²) in [4.78, 5) is 27.6. The first kappa shape index (κ1) is 28.2. The molecule has 2 amide bonds. The second-order valence-corrected chi connectivity index (χ2v) is 10.3. The van der Waals surface area contributed by atoms with Gasteiger partial charge in [-0.2, -0.15) is 5.10 Å². The molecule has 1 aromatic heterocycles. The highest BCUT2D eigenvalue weighted by Crippen LogP contribution is 2.26. The van der Waals surface area contributed by atoms with Gasteiger partial charge in [0, 0.05) is 36.8 Å². The van der Waals surface area contributed by atoms with Gasteiger partial charge in [0.05, 0.1) is 11.4 Å². The van der Waals surface area contributed by atoms with Crippen molar-refractivity contribution in [3.63, 3.8) is 0 Å². The Morgan fingerprint density at radius 2 is 1.84 bits per heavy atom. The number of aryl methyl sites for hydroxylation is 1. The summed E-state index contributed by atoms with van der Waals surface area (Å²) in [5.74, 6) is 0.438. The van der Waals surface area contributed by atoms with Crippen molar-refractivity contribution >= 4 is 29.2 Å². The van der Waals surface area contributed by atoms with Gasteiger partial charge in [-0.1, -0.05) is 44.5 Å². The van der Waals surface area contributed by atoms with E-state index in [4.69, 9.17) is 26.2 Å². The highest BCUT2D eigenvalue weighted by atomic mass is 35.5. The van der Waals surface area contributed by atoms with Crippen LogP contribution >= 0.6 is 11.6 Å². The van der Waals surface area contributed by atoms with E-state index in [1.54, 1.807) is 36.1 Å². The molecule has 0 unspecified atom stereocenters. The molecule has 198 valence electrons. The highest BCUT2D eigenvalue weighted by molar-refractivity contribution is 6.30. The Hall–Kier alpha value is -3.36. The van der Waals surface area contributed by atoms with E-state index >= 15 is 0 Å². The predicted octanol–water partition coefficient (Wildman–Crippen LogP) is 5.01. The van der Waals surface area contributed by atoms with Crippen molar-refractivity contribution in [2.24, 2.45) is 0 Å². The van der Waals surface area contributed by atoms with E-state index in [1.807, 2.05) is 37.3 Å². The standard InChI is InChI=1S/C28H35ClN4O4/c1-20-8-6-9-22(16-20)33-25(17-24(31-33)28(2,3)4)30-26(34)18-32(14-7-15-36-5)27(35)19-37-23-12-10-21(29)11-13-23/h6,8-13,16-17H,7,14-15,18-19H2,1-5H3,(H,30,34). The van der Waals surface area contributed by atoms with Crippen molar-refractivity contribution in [1.82, 2.24) is 14.7 Å². The third-order valence-corrected chi connectivity index (χ3v) is 5.88. The zero-order valence-electron chi connectivity index (χ0n) is 22.1. The van der Waals surface area contributed by atoms with E-state index in [9.17, 15) is 9.59 Å². The average Bonchev–Trinajstić information content (AvgIpc) is 3.27. The van der Waals surface area contributed by atoms with Gasteiger partial charge >= 0.3 is 0 Å². The van der Waals surface area contributed by atoms with Gasteiger partial charge in [-0.25, -0.2) is 4.68 Å². The second-order valence-electron chi connectivity index (χ2n) is 9.87. The fourth-order valence-electron chi connectivity index (χ4n) is 3.61. The maximum atomic E-state index is 13.1. The molecule has 0 radical (unpaired) electrons. The summed E-state index contributed by atoms with van der Waals surface area (Å²) in [6.07, 6.45) is 0.589. The number of methoxy groups -OCH3 is 1. The van der Waals surface area contributed by atoms with Crippen LogP contribution in [0.1, 0.15) is 38.4 Å². The minimum atomic E-state index is -0.327. The SMILES string of the molecule is COCCCN(CC(=O)Nc1cc(C(C)(C)C)nn1-c1cccc(C)c1)C(=O)COc1ccc(Cl)cc1. The van der Waals surface area contributed by atoms with Crippen molar-refractivity contribution in [3.05, 3.63) is 70.9 Å². The number of anilines is 1. The Kier molecular flexibility index (Phi) is 9.72. The molecule has 8 nitrogen and oxygen atoms in total. The normalized spacial score (nSPS) is 11.3. The Morgan fingerprint density at radius 3 is 2.49 bits per heavy atom. The van der Waals surface area contributed by atoms with Crippen LogP contribution < -0.4 is 10.1 Å². The minimum Gasteiger partial charge on any atom is -0.484 e. The number of carbonyl (C=O) groups excluding carboxylic acids is 2. The van der Waals surface area contributed by atoms with Crippen molar-refractivity contribution in [1.29, 1.82) is 0 Å². The van der Waals surface area contributed by atoms with Crippen molar-refractivity contribution in [2.75, 3.05) is 38.7 Å². The number of halogens is 1. The quantitative estimate of drug-likeness (QED) is 0.355. The molecule has 2 aromatic carbocycles. The zero-order valence-corrected chi connectivity index (χ0v) is 22.8. The molecule has 1 heterocycles. The number of aromatic nitrogens is 2. The van der Waals surface area contributed by atoms with Gasteiger partial charge in [-0.05, 0) is 55.3 Å². The third kappa shape index (κ3) is 8.33. The summed E-state index contributed by atoms with van der Waals surface area (Å²) in [5, 5.41) is 8.30. The summed E-state index contributed by atoms with van der Waals surface area (Å²) in [7, 11) is 1.60. The number of rotatable bonds is 11. The first-order chi connectivity index (χ1) is 17.6. The molecule has 0 atom stereocenters. The Bertz CT molecular complexity index is 1200. The molecule has 0 aliphatic heterocycles. The molecule has 0 aliphatic carbocycles. The number of hydrogen-bond donors (Lipinski definition) is 1. The van der Waals surface area contributed by atoms with Gasteiger partial charge in [0.15, 0.2) is 6.61 Å². The molecule has 0 bridgehead atoms. The summed E-state index contributed by atoms with van der Waals surface area (Å²) in [6, 6.07) is 16.5. The smallest absolute Gasteiger partial charge is 0.260 e. The van der Waals surface area contributed by atoms with Crippen LogP contribution in [0.5, 0.6) is 5.75 Å². The molecule has 0 aliphatic rings. The van der Waals surface area contributed by atoms with Crippen LogP contribution in [0.2, 0.25) is 5.02 Å². The molecule has 9 heteroatoms. The van der Waals surface area contributed by atoms with E-state index in [0.717, 1.165) is 16.9 Å². The lowest BCUT2D eigenvalue weighted by atomic mass is 9.92. The fourth-order valence-corrected chi connectivity index (χ4v) is 3.73. The number of nitrogens with one attached hydrogen (secondary N) is 1. The van der Waals surface area contributed by atoms with Crippen LogP contribution in [0.25, 0.3) is 5.69 Å². The van der Waals surface area contributed by atoms with Crippen LogP contribution in [0.3, 0.4) is 0 Å². The molecular formula is C28H35ClN4O4. The van der Waals surface area contributed by atoms with E-state index in [1.165, 1.54) is 4.90 Å². The summed E-state index contributed by atoms with van der Waals surface area (Å²) >= 11 is 5.91. The number of benzene rings is 2. The maximum Gasteiger partial charge on any atom is 0.260 e. The van der Waals surface area contributed by atoms with E-state index < -0.39 is 0 Å². The number of ether oxygens (including phenoxy) is 2. The van der Waals surface area contributed by atoms with Gasteiger partial charge in [-0.3, -0.25) is 9.59 Å². The van der Waals surface area contributed by atoms with E-state index in [0.29, 0.717) is 36.2 Å². The first-order valence-corrected chi connectivity index (χ1v) is 12.6. The lowest BCUT2D eigenvalue weighted by Gasteiger charge is -2.22. The van der Waals surface area contributed by atoms with E-state index in [-0.39, 0.29) is 30.4 Å². The molecule has 37 heavy (non-hydrogen) atoms.